The van der Waals surface area contributed by atoms with Gasteiger partial charge in [-0.2, -0.15) is 15.5 Å². The van der Waals surface area contributed by atoms with Crippen molar-refractivity contribution in [1.82, 2.24) is 20.0 Å². The molecule has 3 rings (SSSR count). The van der Waals surface area contributed by atoms with Crippen molar-refractivity contribution >= 4 is 32.4 Å². The van der Waals surface area contributed by atoms with Crippen molar-refractivity contribution in [2.75, 3.05) is 10.5 Å². The van der Waals surface area contributed by atoms with Crippen LogP contribution >= 0.6 is 0 Å². The van der Waals surface area contributed by atoms with Crippen LogP contribution in [0.4, 0.5) is 11.5 Å². The minimum Gasteiger partial charge on any atom is -0.383 e. The summed E-state index contributed by atoms with van der Waals surface area (Å²) < 4.78 is 28.7. The molecule has 0 saturated carbocycles. The molecule has 1 aromatic carbocycles. The van der Waals surface area contributed by atoms with Gasteiger partial charge in [0.2, 0.25) is 0 Å². The Balaban J connectivity index is 2.12. The van der Waals surface area contributed by atoms with Crippen LogP contribution in [0.3, 0.4) is 0 Å². The Morgan fingerprint density at radius 2 is 2.17 bits per heavy atom. The quantitative estimate of drug-likeness (QED) is 0.649. The second-order valence-corrected chi connectivity index (χ2v) is 6.64. The number of H-pyrrole nitrogens is 1. The number of rotatable bonds is 3. The molecule has 4 N–H and O–H groups in total. The summed E-state index contributed by atoms with van der Waals surface area (Å²) in [6.07, 6.45) is 1.18. The van der Waals surface area contributed by atoms with Gasteiger partial charge in [0.1, 0.15) is 16.8 Å². The number of fused-ring (bicyclic) bond motifs is 1. The summed E-state index contributed by atoms with van der Waals surface area (Å²) >= 11 is 0. The van der Waals surface area contributed by atoms with Crippen molar-refractivity contribution in [3.8, 4) is 6.07 Å². The summed E-state index contributed by atoms with van der Waals surface area (Å²) in [4.78, 5) is -0.117. The average Bonchev–Trinajstić information content (AvgIpc) is 3.07. The lowest BCUT2D eigenvalue weighted by Gasteiger charge is -2.09. The Labute approximate surface area is 131 Å². The molecule has 2 aromatic heterocycles. The Morgan fingerprint density at radius 1 is 1.43 bits per heavy atom. The van der Waals surface area contributed by atoms with E-state index in [1.54, 1.807) is 19.2 Å². The number of nitrogens with two attached hydrogens (primary N) is 1. The summed E-state index contributed by atoms with van der Waals surface area (Å²) in [5.41, 5.74) is 7.46. The van der Waals surface area contributed by atoms with Gasteiger partial charge >= 0.3 is 0 Å². The minimum atomic E-state index is -3.91. The van der Waals surface area contributed by atoms with Crippen LogP contribution < -0.4 is 10.5 Å². The number of nitrogens with zero attached hydrogens (tertiary/aromatic N) is 4. The lowest BCUT2D eigenvalue weighted by atomic mass is 10.1. The van der Waals surface area contributed by atoms with Crippen molar-refractivity contribution in [3.63, 3.8) is 0 Å². The van der Waals surface area contributed by atoms with E-state index in [1.807, 2.05) is 13.0 Å². The molecule has 0 aliphatic heterocycles. The first kappa shape index (κ1) is 14.9. The zero-order valence-corrected chi connectivity index (χ0v) is 13.1. The number of aryl methyl sites for hydroxylation is 2. The van der Waals surface area contributed by atoms with Gasteiger partial charge in [0.15, 0.2) is 5.69 Å². The van der Waals surface area contributed by atoms with E-state index in [-0.39, 0.29) is 22.1 Å². The number of sulfonamides is 1. The second kappa shape index (κ2) is 4.99. The van der Waals surface area contributed by atoms with Gasteiger partial charge in [-0.3, -0.25) is 14.5 Å². The maximum Gasteiger partial charge on any atom is 0.267 e. The maximum atomic E-state index is 12.5. The van der Waals surface area contributed by atoms with Gasteiger partial charge in [0.05, 0.1) is 17.4 Å². The fourth-order valence-corrected chi connectivity index (χ4v) is 3.46. The highest BCUT2D eigenvalue weighted by Crippen LogP contribution is 2.29. The Morgan fingerprint density at radius 3 is 2.78 bits per heavy atom. The van der Waals surface area contributed by atoms with E-state index in [9.17, 15) is 8.42 Å². The van der Waals surface area contributed by atoms with E-state index in [2.05, 4.69) is 20.0 Å². The Kier molecular flexibility index (Phi) is 3.23. The maximum absolute atomic E-state index is 12.5. The van der Waals surface area contributed by atoms with Crippen LogP contribution in [-0.4, -0.2) is 28.4 Å². The topological polar surface area (TPSA) is 142 Å². The molecule has 0 bridgehead atoms. The molecule has 9 nitrogen and oxygen atoms in total. The Hall–Kier alpha value is -3.06. The van der Waals surface area contributed by atoms with Crippen molar-refractivity contribution in [1.29, 1.82) is 5.26 Å². The van der Waals surface area contributed by atoms with Gasteiger partial charge in [-0.25, -0.2) is 8.42 Å². The van der Waals surface area contributed by atoms with Crippen LogP contribution in [0.1, 0.15) is 11.3 Å². The van der Waals surface area contributed by atoms with Crippen molar-refractivity contribution in [3.05, 3.63) is 29.6 Å². The van der Waals surface area contributed by atoms with Gasteiger partial charge in [-0.05, 0) is 18.6 Å². The molecule has 0 spiro atoms. The normalized spacial score (nSPS) is 11.5. The number of hydrogen-bond donors (Lipinski definition) is 3. The third-order valence-electron chi connectivity index (χ3n) is 3.52. The van der Waals surface area contributed by atoms with Crippen LogP contribution in [0.25, 0.3) is 10.9 Å². The molecular weight excluding hydrogens is 318 g/mol. The molecule has 0 radical (unpaired) electrons. The predicted molar refractivity (Wildman–Crippen MR) is 84.0 cm³/mol. The van der Waals surface area contributed by atoms with E-state index in [1.165, 1.54) is 10.9 Å². The van der Waals surface area contributed by atoms with Gasteiger partial charge in [0, 0.05) is 12.4 Å². The van der Waals surface area contributed by atoms with Gasteiger partial charge < -0.3 is 5.73 Å². The molecule has 23 heavy (non-hydrogen) atoms. The standard InChI is InChI=1S/C13H13N7O2S/c1-7-3-4-8(12-11(7)9(5-14)17-18-12)19-23(21,22)10-6-16-20(2)13(10)15/h3-4,6,19H,15H2,1-2H3,(H,17,18). The third-order valence-corrected chi connectivity index (χ3v) is 4.90. The van der Waals surface area contributed by atoms with Crippen molar-refractivity contribution in [2.45, 2.75) is 11.8 Å². The number of benzene rings is 1. The van der Waals surface area contributed by atoms with Crippen LogP contribution in [0.5, 0.6) is 0 Å². The van der Waals surface area contributed by atoms with Gasteiger partial charge in [-0.15, -0.1) is 0 Å². The van der Waals surface area contributed by atoms with E-state index in [0.29, 0.717) is 10.9 Å². The first-order valence-corrected chi connectivity index (χ1v) is 8.01. The molecule has 2 heterocycles. The number of nitrogen functional groups attached to an aromatic ring is 1. The van der Waals surface area contributed by atoms with Gasteiger partial charge in [-0.1, -0.05) is 6.07 Å². The number of aromatic amines is 1. The number of aromatic nitrogens is 4. The van der Waals surface area contributed by atoms with Crippen molar-refractivity contribution in [2.24, 2.45) is 7.05 Å². The lowest BCUT2D eigenvalue weighted by molar-refractivity contribution is 0.601. The number of hydrogen-bond acceptors (Lipinski definition) is 6. The van der Waals surface area contributed by atoms with Crippen LogP contribution in [0.15, 0.2) is 23.2 Å². The average molecular weight is 331 g/mol. The van der Waals surface area contributed by atoms with Crippen LogP contribution in [0, 0.1) is 18.3 Å². The fourth-order valence-electron chi connectivity index (χ4n) is 2.30. The summed E-state index contributed by atoms with van der Waals surface area (Å²) in [6, 6.07) is 5.28. The zero-order valence-electron chi connectivity index (χ0n) is 12.3. The molecule has 118 valence electrons. The SMILES string of the molecule is Cc1ccc(NS(=O)(=O)c2cnn(C)c2N)c2[nH]nc(C#N)c12. The highest BCUT2D eigenvalue weighted by Gasteiger charge is 2.23. The smallest absolute Gasteiger partial charge is 0.267 e. The predicted octanol–water partition coefficient (Wildman–Crippen LogP) is 0.859. The highest BCUT2D eigenvalue weighted by atomic mass is 32.2. The number of nitrogens with one attached hydrogen (secondary N) is 2. The van der Waals surface area contributed by atoms with E-state index in [0.717, 1.165) is 5.56 Å². The second-order valence-electron chi connectivity index (χ2n) is 4.99. The highest BCUT2D eigenvalue weighted by molar-refractivity contribution is 7.92. The third kappa shape index (κ3) is 2.27. The monoisotopic (exact) mass is 331 g/mol. The van der Waals surface area contributed by atoms with Crippen LogP contribution in [-0.2, 0) is 17.1 Å². The molecule has 0 amide bonds. The molecule has 3 aromatic rings. The molecule has 10 heteroatoms. The largest absolute Gasteiger partial charge is 0.383 e. The molecule has 0 saturated heterocycles. The summed E-state index contributed by atoms with van der Waals surface area (Å²) in [5, 5.41) is 20.1. The molecular formula is C13H13N7O2S. The summed E-state index contributed by atoms with van der Waals surface area (Å²) in [7, 11) is -2.37. The van der Waals surface area contributed by atoms with Crippen LogP contribution in [0.2, 0.25) is 0 Å². The number of nitriles is 1. The zero-order chi connectivity index (χ0) is 16.8. The van der Waals surface area contributed by atoms with E-state index < -0.39 is 10.0 Å². The Bertz CT molecular complexity index is 1060. The van der Waals surface area contributed by atoms with E-state index >= 15 is 0 Å². The molecule has 0 aliphatic rings. The molecule has 0 aliphatic carbocycles. The first-order chi connectivity index (χ1) is 10.8. The van der Waals surface area contributed by atoms with Gasteiger partial charge in [0.25, 0.3) is 10.0 Å². The summed E-state index contributed by atoms with van der Waals surface area (Å²) in [6.45, 7) is 1.82. The molecule has 0 fully saturated rings. The first-order valence-electron chi connectivity index (χ1n) is 6.53. The van der Waals surface area contributed by atoms with E-state index in [4.69, 9.17) is 11.0 Å². The minimum absolute atomic E-state index is 0.0307. The fraction of sp³-hybridized carbons (Fsp3) is 0.154. The molecule has 0 unspecified atom stereocenters. The summed E-state index contributed by atoms with van der Waals surface area (Å²) in [5.74, 6) is 0.0307. The number of anilines is 2. The lowest BCUT2D eigenvalue weighted by Crippen LogP contribution is -2.15. The molecule has 0 atom stereocenters. The van der Waals surface area contributed by atoms with Crippen molar-refractivity contribution < 1.29 is 8.42 Å².